The molecule has 0 radical (unpaired) electrons. The van der Waals surface area contributed by atoms with E-state index in [-0.39, 0.29) is 24.3 Å². The quantitative estimate of drug-likeness (QED) is 0.466. The van der Waals surface area contributed by atoms with Crippen molar-refractivity contribution in [2.24, 2.45) is 11.8 Å². The van der Waals surface area contributed by atoms with Gasteiger partial charge in [-0.1, -0.05) is 25.1 Å². The number of benzene rings is 1. The maximum Gasteiger partial charge on any atom is 0.246 e. The highest BCUT2D eigenvalue weighted by atomic mass is 16.5. The van der Waals surface area contributed by atoms with E-state index in [1.54, 1.807) is 4.90 Å². The van der Waals surface area contributed by atoms with Gasteiger partial charge in [-0.2, -0.15) is 0 Å². The van der Waals surface area contributed by atoms with E-state index in [4.69, 9.17) is 9.84 Å². The molecule has 192 valence electrons. The second kappa shape index (κ2) is 9.54. The molecule has 3 fully saturated rings. The number of carbonyl (C=O) groups is 3. The van der Waals surface area contributed by atoms with Crippen LogP contribution in [0, 0.1) is 11.8 Å². The van der Waals surface area contributed by atoms with E-state index in [1.807, 2.05) is 58.0 Å². The van der Waals surface area contributed by atoms with Gasteiger partial charge in [-0.15, -0.1) is 0 Å². The molecule has 4 rings (SSSR count). The Morgan fingerprint density at radius 1 is 1.11 bits per heavy atom. The molecule has 3 amide bonds. The Labute approximate surface area is 207 Å². The fourth-order valence-corrected chi connectivity index (χ4v) is 6.41. The Kier molecular flexibility index (Phi) is 6.99. The van der Waals surface area contributed by atoms with E-state index < -0.39 is 34.6 Å². The Bertz CT molecular complexity index is 961. The number of ether oxygens (including phenoxy) is 1. The molecule has 0 saturated carbocycles. The summed E-state index contributed by atoms with van der Waals surface area (Å²) in [5.74, 6) is -2.00. The van der Waals surface area contributed by atoms with Crippen molar-refractivity contribution < 1.29 is 24.2 Å². The van der Waals surface area contributed by atoms with Crippen LogP contribution >= 0.6 is 0 Å². The number of aliphatic hydroxyl groups is 1. The summed E-state index contributed by atoms with van der Waals surface area (Å²) in [6.07, 6.45) is 3.87. The molecule has 0 aliphatic carbocycles. The summed E-state index contributed by atoms with van der Waals surface area (Å²) in [7, 11) is 0. The zero-order valence-corrected chi connectivity index (χ0v) is 21.3. The largest absolute Gasteiger partial charge is 0.396 e. The number of nitrogens with zero attached hydrogens (tertiary/aromatic N) is 1. The van der Waals surface area contributed by atoms with Crippen LogP contribution in [0.3, 0.4) is 0 Å². The molecule has 0 aromatic heterocycles. The molecule has 3 saturated heterocycles. The van der Waals surface area contributed by atoms with Gasteiger partial charge in [0.1, 0.15) is 11.6 Å². The van der Waals surface area contributed by atoms with Crippen molar-refractivity contribution >= 4 is 23.4 Å². The van der Waals surface area contributed by atoms with Gasteiger partial charge in [0.25, 0.3) is 0 Å². The van der Waals surface area contributed by atoms with Crippen molar-refractivity contribution in [3.05, 3.63) is 30.3 Å². The molecule has 3 N–H and O–H groups in total. The van der Waals surface area contributed by atoms with E-state index >= 15 is 0 Å². The van der Waals surface area contributed by atoms with Crippen LogP contribution in [0.1, 0.15) is 66.2 Å². The van der Waals surface area contributed by atoms with E-state index in [0.717, 1.165) is 6.42 Å². The van der Waals surface area contributed by atoms with E-state index in [0.29, 0.717) is 44.3 Å². The lowest BCUT2D eigenvalue weighted by Crippen LogP contribution is -2.58. The summed E-state index contributed by atoms with van der Waals surface area (Å²) >= 11 is 0. The number of amides is 3. The number of likely N-dealkylation sites (tertiary alicyclic amines) is 1. The zero-order valence-electron chi connectivity index (χ0n) is 21.3. The van der Waals surface area contributed by atoms with Crippen LogP contribution < -0.4 is 10.6 Å². The number of unbranched alkanes of at least 4 members (excludes halogenated alkanes) is 2. The predicted molar refractivity (Wildman–Crippen MR) is 132 cm³/mol. The van der Waals surface area contributed by atoms with Crippen molar-refractivity contribution in [2.45, 2.75) is 89.0 Å². The highest BCUT2D eigenvalue weighted by molar-refractivity contribution is 6.02. The predicted octanol–water partition coefficient (Wildman–Crippen LogP) is 2.86. The molecule has 35 heavy (non-hydrogen) atoms. The van der Waals surface area contributed by atoms with Crippen LogP contribution in [0.4, 0.5) is 5.69 Å². The second-order valence-electron chi connectivity index (χ2n) is 11.2. The Balaban J connectivity index is 1.70. The summed E-state index contributed by atoms with van der Waals surface area (Å²) < 4.78 is 6.74. The number of carbonyl (C=O) groups excluding carboxylic acids is 3. The van der Waals surface area contributed by atoms with Gasteiger partial charge < -0.3 is 25.4 Å². The molecule has 5 atom stereocenters. The van der Waals surface area contributed by atoms with Crippen LogP contribution in [0.15, 0.2) is 30.3 Å². The molecule has 8 heteroatoms. The number of anilines is 1. The van der Waals surface area contributed by atoms with Crippen LogP contribution in [0.5, 0.6) is 0 Å². The van der Waals surface area contributed by atoms with Gasteiger partial charge in [-0.25, -0.2) is 0 Å². The zero-order chi connectivity index (χ0) is 25.4. The molecule has 8 nitrogen and oxygen atoms in total. The second-order valence-corrected chi connectivity index (χ2v) is 11.2. The van der Waals surface area contributed by atoms with Crippen LogP contribution in [0.2, 0.25) is 0 Å². The van der Waals surface area contributed by atoms with Gasteiger partial charge in [-0.05, 0) is 71.4 Å². The summed E-state index contributed by atoms with van der Waals surface area (Å²) in [5, 5.41) is 15.2. The molecular weight excluding hydrogens is 446 g/mol. The number of rotatable bonds is 9. The number of hydrogen-bond acceptors (Lipinski definition) is 5. The average Bonchev–Trinajstić information content (AvgIpc) is 3.40. The third kappa shape index (κ3) is 4.47. The van der Waals surface area contributed by atoms with Crippen molar-refractivity contribution in [1.82, 2.24) is 10.2 Å². The third-order valence-corrected chi connectivity index (χ3v) is 7.81. The molecule has 2 bridgehead atoms. The Morgan fingerprint density at radius 2 is 1.83 bits per heavy atom. The van der Waals surface area contributed by atoms with Crippen molar-refractivity contribution in [2.75, 3.05) is 18.5 Å². The van der Waals surface area contributed by atoms with E-state index in [1.165, 1.54) is 0 Å². The lowest BCUT2D eigenvalue weighted by molar-refractivity contribution is -0.147. The van der Waals surface area contributed by atoms with E-state index in [2.05, 4.69) is 10.6 Å². The van der Waals surface area contributed by atoms with Crippen molar-refractivity contribution in [3.8, 4) is 0 Å². The van der Waals surface area contributed by atoms with Gasteiger partial charge in [0.2, 0.25) is 17.7 Å². The fraction of sp³-hybridized carbons (Fsp3) is 0.667. The highest BCUT2D eigenvalue weighted by Crippen LogP contribution is 2.64. The normalized spacial score (nSPS) is 31.5. The topological polar surface area (TPSA) is 108 Å². The van der Waals surface area contributed by atoms with Crippen LogP contribution in [-0.2, 0) is 19.1 Å². The minimum Gasteiger partial charge on any atom is -0.396 e. The Hall–Kier alpha value is -2.45. The summed E-state index contributed by atoms with van der Waals surface area (Å²) in [6.45, 7) is 8.23. The maximum absolute atomic E-state index is 14.0. The molecule has 1 aromatic rings. The lowest BCUT2D eigenvalue weighted by Gasteiger charge is -2.35. The summed E-state index contributed by atoms with van der Waals surface area (Å²) in [5.41, 5.74) is -1.57. The smallest absolute Gasteiger partial charge is 0.246 e. The average molecular weight is 486 g/mol. The first kappa shape index (κ1) is 25.6. The van der Waals surface area contributed by atoms with Crippen molar-refractivity contribution in [1.29, 1.82) is 0 Å². The van der Waals surface area contributed by atoms with Crippen molar-refractivity contribution in [3.63, 3.8) is 0 Å². The summed E-state index contributed by atoms with van der Waals surface area (Å²) in [6, 6.07) is 8.45. The molecule has 2 unspecified atom stereocenters. The number of aliphatic hydroxyl groups excluding tert-OH is 1. The monoisotopic (exact) mass is 485 g/mol. The van der Waals surface area contributed by atoms with Crippen LogP contribution in [0.25, 0.3) is 0 Å². The molecule has 3 heterocycles. The SMILES string of the molecule is CC[C@@]12CCC3(O1)C(C(=O)NC(C)(C)C)N(CCCCCO)C(=O)[C@@H]3[C@@H]2C(=O)Nc1ccccc1. The summed E-state index contributed by atoms with van der Waals surface area (Å²) in [4.78, 5) is 43.0. The van der Waals surface area contributed by atoms with Gasteiger partial charge in [0.05, 0.1) is 17.4 Å². The minimum atomic E-state index is -1.02. The first-order valence-electron chi connectivity index (χ1n) is 12.9. The lowest BCUT2D eigenvalue weighted by atomic mass is 9.65. The molecule has 1 aromatic carbocycles. The van der Waals surface area contributed by atoms with Gasteiger partial charge >= 0.3 is 0 Å². The fourth-order valence-electron chi connectivity index (χ4n) is 6.41. The molecule has 3 aliphatic heterocycles. The first-order valence-corrected chi connectivity index (χ1v) is 12.9. The number of nitrogens with one attached hydrogen (secondary N) is 2. The number of hydrogen-bond donors (Lipinski definition) is 3. The molecule has 3 aliphatic rings. The number of para-hydroxylation sites is 1. The number of fused-ring (bicyclic) bond motifs is 1. The standard InChI is InChI=1S/C27H39N3O5/c1-5-26-14-15-27(35-26)20(19(26)22(32)28-18-12-8-6-9-13-18)24(34)30(16-10-7-11-17-31)21(27)23(33)29-25(2,3)4/h6,8-9,12-13,19-21,31H,5,7,10-11,14-17H2,1-4H3,(H,28,32)(H,29,33)/t19-,20+,21?,26+,27?/m1/s1. The third-order valence-electron chi connectivity index (χ3n) is 7.81. The van der Waals surface area contributed by atoms with Gasteiger partial charge in [-0.3, -0.25) is 14.4 Å². The highest BCUT2D eigenvalue weighted by Gasteiger charge is 2.78. The van der Waals surface area contributed by atoms with Crippen LogP contribution in [-0.4, -0.2) is 63.7 Å². The van der Waals surface area contributed by atoms with Gasteiger partial charge in [0.15, 0.2) is 0 Å². The minimum absolute atomic E-state index is 0.0955. The van der Waals surface area contributed by atoms with E-state index in [9.17, 15) is 14.4 Å². The molecule has 1 spiro atoms. The molecular formula is C27H39N3O5. The van der Waals surface area contributed by atoms with Gasteiger partial charge in [0, 0.05) is 24.4 Å². The first-order chi connectivity index (χ1) is 16.6. The Morgan fingerprint density at radius 3 is 2.46 bits per heavy atom. The maximum atomic E-state index is 14.0.